The molecule has 1 amide bonds. The fourth-order valence-corrected chi connectivity index (χ4v) is 6.91. The Labute approximate surface area is 234 Å². The molecular formula is C29H36N4O6S. The molecule has 0 bridgehead atoms. The number of carbonyl (C=O) groups is 1. The minimum Gasteiger partial charge on any atom is -0.462 e. The second kappa shape index (κ2) is 10.7. The van der Waals surface area contributed by atoms with E-state index in [1.54, 1.807) is 18.4 Å². The number of furan rings is 1. The predicted molar refractivity (Wildman–Crippen MR) is 154 cm³/mol. The number of aliphatic hydroxyl groups is 1. The van der Waals surface area contributed by atoms with Crippen LogP contribution >= 0.6 is 0 Å². The highest BCUT2D eigenvalue weighted by Gasteiger charge is 2.44. The Morgan fingerprint density at radius 2 is 1.85 bits per heavy atom. The highest BCUT2D eigenvalue weighted by molar-refractivity contribution is 7.89. The van der Waals surface area contributed by atoms with Crippen molar-refractivity contribution < 1.29 is 27.5 Å². The third-order valence-corrected chi connectivity index (χ3v) is 9.89. The molecule has 2 saturated heterocycles. The van der Waals surface area contributed by atoms with Crippen LogP contribution < -0.4 is 19.8 Å². The Kier molecular flexibility index (Phi) is 7.24. The largest absolute Gasteiger partial charge is 0.462 e. The molecule has 1 aromatic heterocycles. The summed E-state index contributed by atoms with van der Waals surface area (Å²) < 4.78 is 39.6. The van der Waals surface area contributed by atoms with Crippen LogP contribution in [-0.2, 0) is 14.8 Å². The van der Waals surface area contributed by atoms with E-state index < -0.39 is 10.0 Å². The van der Waals surface area contributed by atoms with E-state index in [9.17, 15) is 13.2 Å². The van der Waals surface area contributed by atoms with Gasteiger partial charge in [0, 0.05) is 43.7 Å². The summed E-state index contributed by atoms with van der Waals surface area (Å²) in [5.74, 6) is -0.281. The van der Waals surface area contributed by atoms with Gasteiger partial charge in [-0.25, -0.2) is 13.1 Å². The number of hydrogen-bond acceptors (Lipinski definition) is 8. The van der Waals surface area contributed by atoms with Crippen LogP contribution in [0.2, 0.25) is 0 Å². The van der Waals surface area contributed by atoms with Gasteiger partial charge in [-0.15, -0.1) is 0 Å². The molecular weight excluding hydrogens is 532 g/mol. The molecule has 1 saturated carbocycles. The molecule has 6 rings (SSSR count). The number of nitrogens with zero attached hydrogens (tertiary/aromatic N) is 2. The number of piperidine rings is 1. The maximum atomic E-state index is 13.7. The van der Waals surface area contributed by atoms with Crippen molar-refractivity contribution in [2.75, 3.05) is 61.1 Å². The van der Waals surface area contributed by atoms with Crippen molar-refractivity contribution in [1.29, 1.82) is 0 Å². The lowest BCUT2D eigenvalue weighted by Crippen LogP contribution is -2.41. The van der Waals surface area contributed by atoms with Crippen LogP contribution in [-0.4, -0.2) is 71.5 Å². The van der Waals surface area contributed by atoms with Crippen LogP contribution in [0.25, 0.3) is 11.0 Å². The van der Waals surface area contributed by atoms with Crippen LogP contribution in [0.4, 0.5) is 17.1 Å². The molecule has 3 heterocycles. The average Bonchev–Trinajstić information content (AvgIpc) is 3.53. The summed E-state index contributed by atoms with van der Waals surface area (Å²) in [6, 6.07) is 10.3. The summed E-state index contributed by atoms with van der Waals surface area (Å²) in [5, 5.41) is 13.0. The molecule has 40 heavy (non-hydrogen) atoms. The number of hydrogen-bond donors (Lipinski definition) is 3. The van der Waals surface area contributed by atoms with Crippen molar-refractivity contribution in [2.24, 2.45) is 5.41 Å². The van der Waals surface area contributed by atoms with Crippen molar-refractivity contribution >= 4 is 44.0 Å². The van der Waals surface area contributed by atoms with Gasteiger partial charge in [-0.1, -0.05) is 0 Å². The molecule has 11 heteroatoms. The fourth-order valence-electron chi connectivity index (χ4n) is 5.87. The van der Waals surface area contributed by atoms with Crippen molar-refractivity contribution in [3.8, 4) is 0 Å². The van der Waals surface area contributed by atoms with E-state index in [1.807, 2.05) is 25.1 Å². The standard InChI is InChI=1S/C29H36N4O6S/c1-20-19-33(12-15-38-20)26-17-22(16-21-4-14-39-27(21)26)28(35)31-24-3-2-23(40(36,37)30-9-13-34)18-25(24)32-10-7-29(5-6-29)8-11-32/h2-4,14,16-18,20,30,34H,5-13,15,19H2,1H3,(H,31,35)/t20-/m0/s1. The first-order valence-electron chi connectivity index (χ1n) is 14.0. The van der Waals surface area contributed by atoms with Crippen LogP contribution in [0.5, 0.6) is 0 Å². The van der Waals surface area contributed by atoms with Crippen LogP contribution in [0.3, 0.4) is 0 Å². The van der Waals surface area contributed by atoms with Crippen molar-refractivity contribution in [3.63, 3.8) is 0 Å². The molecule has 10 nitrogen and oxygen atoms in total. The molecule has 0 radical (unpaired) electrons. The number of amides is 1. The molecule has 1 aliphatic carbocycles. The first kappa shape index (κ1) is 27.1. The second-order valence-electron chi connectivity index (χ2n) is 11.2. The molecule has 2 aromatic carbocycles. The normalized spacial score (nSPS) is 20.7. The zero-order chi connectivity index (χ0) is 27.9. The first-order chi connectivity index (χ1) is 19.3. The SMILES string of the molecule is C[C@H]1CN(c2cc(C(=O)Nc3ccc(S(=O)(=O)NCCO)cc3N3CCC4(CC3)CC4)cc3ccoc23)CCO1. The monoisotopic (exact) mass is 568 g/mol. The average molecular weight is 569 g/mol. The summed E-state index contributed by atoms with van der Waals surface area (Å²) in [7, 11) is -3.81. The molecule has 2 aliphatic heterocycles. The predicted octanol–water partition coefficient (Wildman–Crippen LogP) is 3.56. The lowest BCUT2D eigenvalue weighted by molar-refractivity contribution is 0.0532. The molecule has 3 N–H and O–H groups in total. The molecule has 214 valence electrons. The van der Waals surface area contributed by atoms with Gasteiger partial charge in [0.1, 0.15) is 0 Å². The minimum atomic E-state index is -3.81. The molecule has 3 fully saturated rings. The van der Waals surface area contributed by atoms with E-state index in [0.717, 1.165) is 42.6 Å². The Hall–Kier alpha value is -3.12. The van der Waals surface area contributed by atoms with E-state index in [2.05, 4.69) is 19.8 Å². The topological polar surface area (TPSA) is 124 Å². The van der Waals surface area contributed by atoms with E-state index in [4.69, 9.17) is 14.3 Å². The van der Waals surface area contributed by atoms with Gasteiger partial charge in [-0.2, -0.15) is 0 Å². The number of ether oxygens (including phenoxy) is 1. The van der Waals surface area contributed by atoms with E-state index in [1.165, 1.54) is 18.9 Å². The van der Waals surface area contributed by atoms with Gasteiger partial charge < -0.3 is 29.4 Å². The maximum Gasteiger partial charge on any atom is 0.255 e. The first-order valence-corrected chi connectivity index (χ1v) is 15.4. The Balaban J connectivity index is 1.31. The Morgan fingerprint density at radius 1 is 1.05 bits per heavy atom. The van der Waals surface area contributed by atoms with Gasteiger partial charge in [0.25, 0.3) is 5.91 Å². The molecule has 3 aliphatic rings. The van der Waals surface area contributed by atoms with Gasteiger partial charge in [-0.05, 0) is 74.4 Å². The quantitative estimate of drug-likeness (QED) is 0.377. The van der Waals surface area contributed by atoms with Crippen molar-refractivity contribution in [2.45, 2.75) is 43.6 Å². The zero-order valence-corrected chi connectivity index (χ0v) is 23.5. The Morgan fingerprint density at radius 3 is 2.58 bits per heavy atom. The third kappa shape index (κ3) is 5.43. The minimum absolute atomic E-state index is 0.0663. The summed E-state index contributed by atoms with van der Waals surface area (Å²) in [5.41, 5.74) is 3.77. The number of carbonyl (C=O) groups excluding carboxylic acids is 1. The highest BCUT2D eigenvalue weighted by Crippen LogP contribution is 2.54. The summed E-state index contributed by atoms with van der Waals surface area (Å²) in [6.07, 6.45) is 6.32. The molecule has 3 aromatic rings. The second-order valence-corrected chi connectivity index (χ2v) is 13.0. The number of rotatable bonds is 8. The van der Waals surface area contributed by atoms with E-state index in [0.29, 0.717) is 42.0 Å². The number of anilines is 3. The van der Waals surface area contributed by atoms with Crippen molar-refractivity contribution in [3.05, 3.63) is 48.2 Å². The third-order valence-electron chi connectivity index (χ3n) is 8.43. The number of morpholine rings is 1. The number of aliphatic hydroxyl groups excluding tert-OH is 1. The lowest BCUT2D eigenvalue weighted by Gasteiger charge is -2.35. The molecule has 0 unspecified atom stereocenters. The van der Waals surface area contributed by atoms with E-state index >= 15 is 0 Å². The lowest BCUT2D eigenvalue weighted by atomic mass is 9.93. The number of benzene rings is 2. The summed E-state index contributed by atoms with van der Waals surface area (Å²) in [6.45, 7) is 5.27. The fraction of sp³-hybridized carbons (Fsp3) is 0.483. The summed E-state index contributed by atoms with van der Waals surface area (Å²) >= 11 is 0. The molecule has 1 spiro atoms. The van der Waals surface area contributed by atoms with Gasteiger partial charge >= 0.3 is 0 Å². The smallest absolute Gasteiger partial charge is 0.255 e. The van der Waals surface area contributed by atoms with Gasteiger partial charge in [-0.3, -0.25) is 4.79 Å². The van der Waals surface area contributed by atoms with Gasteiger partial charge in [0.05, 0.1) is 47.5 Å². The number of fused-ring (bicyclic) bond motifs is 1. The van der Waals surface area contributed by atoms with Gasteiger partial charge in [0.2, 0.25) is 10.0 Å². The van der Waals surface area contributed by atoms with Crippen LogP contribution in [0, 0.1) is 5.41 Å². The van der Waals surface area contributed by atoms with Gasteiger partial charge in [0.15, 0.2) is 5.58 Å². The highest BCUT2D eigenvalue weighted by atomic mass is 32.2. The Bertz CT molecular complexity index is 1510. The summed E-state index contributed by atoms with van der Waals surface area (Å²) in [4.78, 5) is 18.1. The maximum absolute atomic E-state index is 13.7. The number of sulfonamides is 1. The van der Waals surface area contributed by atoms with Crippen LogP contribution in [0.1, 0.15) is 43.0 Å². The number of nitrogens with one attached hydrogen (secondary N) is 2. The molecule has 1 atom stereocenters. The van der Waals surface area contributed by atoms with Crippen molar-refractivity contribution in [1.82, 2.24) is 4.72 Å². The zero-order valence-electron chi connectivity index (χ0n) is 22.7. The van der Waals surface area contributed by atoms with E-state index in [-0.39, 0.29) is 30.1 Å². The van der Waals surface area contributed by atoms with Crippen LogP contribution in [0.15, 0.2) is 52.0 Å².